The van der Waals surface area contributed by atoms with Crippen LogP contribution < -0.4 is 0 Å². The lowest BCUT2D eigenvalue weighted by Gasteiger charge is -2.20. The highest BCUT2D eigenvalue weighted by Gasteiger charge is 2.25. The van der Waals surface area contributed by atoms with E-state index in [1.807, 2.05) is 36.4 Å². The third-order valence-corrected chi connectivity index (χ3v) is 4.92. The summed E-state index contributed by atoms with van der Waals surface area (Å²) < 4.78 is 2.30. The molecule has 0 unspecified atom stereocenters. The van der Waals surface area contributed by atoms with Gasteiger partial charge in [0, 0.05) is 22.5 Å². The molecule has 3 aromatic rings. The van der Waals surface area contributed by atoms with Crippen LogP contribution in [0.25, 0.3) is 22.6 Å². The molecule has 0 fully saturated rings. The number of Topliss-reactive ketones (excluding diaryl/α,β-unsaturated/α-hetero) is 1. The van der Waals surface area contributed by atoms with Crippen LogP contribution in [0.15, 0.2) is 48.5 Å². The van der Waals surface area contributed by atoms with Crippen molar-refractivity contribution in [3.05, 3.63) is 70.4 Å². The van der Waals surface area contributed by atoms with Gasteiger partial charge in [-0.05, 0) is 55.2 Å². The van der Waals surface area contributed by atoms with E-state index in [2.05, 4.69) is 22.8 Å². The summed E-state index contributed by atoms with van der Waals surface area (Å²) in [4.78, 5) is 12.4. The van der Waals surface area contributed by atoms with Crippen LogP contribution >= 0.6 is 11.6 Å². The van der Waals surface area contributed by atoms with Gasteiger partial charge in [-0.15, -0.1) is 0 Å². The number of para-hydroxylation sites is 1. The van der Waals surface area contributed by atoms with Crippen LogP contribution in [0.2, 0.25) is 5.02 Å². The molecule has 0 amide bonds. The number of ketones is 1. The van der Waals surface area contributed by atoms with Gasteiger partial charge in [0.25, 0.3) is 0 Å². The molecule has 0 radical (unpaired) electrons. The highest BCUT2D eigenvalue weighted by Crippen LogP contribution is 2.37. The van der Waals surface area contributed by atoms with Crippen LogP contribution in [0.1, 0.15) is 41.4 Å². The number of fused-ring (bicyclic) bond motifs is 3. The fourth-order valence-electron chi connectivity index (χ4n) is 3.67. The van der Waals surface area contributed by atoms with E-state index in [-0.39, 0.29) is 5.78 Å². The summed E-state index contributed by atoms with van der Waals surface area (Å²) in [6, 6.07) is 16.0. The van der Waals surface area contributed by atoms with E-state index in [1.54, 1.807) is 6.92 Å². The van der Waals surface area contributed by atoms with Crippen molar-refractivity contribution in [2.45, 2.75) is 26.3 Å². The van der Waals surface area contributed by atoms with Crippen molar-refractivity contribution in [3.63, 3.8) is 0 Å². The predicted molar refractivity (Wildman–Crippen MR) is 100 cm³/mol. The topological polar surface area (TPSA) is 22.0 Å². The lowest BCUT2D eigenvalue weighted by molar-refractivity contribution is 0.101. The zero-order valence-corrected chi connectivity index (χ0v) is 14.3. The summed E-state index contributed by atoms with van der Waals surface area (Å²) in [5.41, 5.74) is 5.43. The predicted octanol–water partition coefficient (Wildman–Crippen LogP) is 5.83. The molecule has 1 aliphatic heterocycles. The molecule has 2 aromatic carbocycles. The maximum absolute atomic E-state index is 12.4. The molecule has 0 spiro atoms. The Morgan fingerprint density at radius 1 is 1.12 bits per heavy atom. The van der Waals surface area contributed by atoms with Gasteiger partial charge in [0.2, 0.25) is 0 Å². The SMILES string of the molecule is CC(=O)c1c2n(c3ccccc13)CCC/C2=C\c1ccc(Cl)cc1. The normalized spacial score (nSPS) is 15.7. The fraction of sp³-hybridized carbons (Fsp3) is 0.190. The van der Waals surface area contributed by atoms with Gasteiger partial charge >= 0.3 is 0 Å². The van der Waals surface area contributed by atoms with Crippen molar-refractivity contribution in [3.8, 4) is 0 Å². The largest absolute Gasteiger partial charge is 0.340 e. The first-order valence-electron chi connectivity index (χ1n) is 8.24. The van der Waals surface area contributed by atoms with Crippen LogP contribution in [0, 0.1) is 0 Å². The Balaban J connectivity index is 1.97. The zero-order valence-electron chi connectivity index (χ0n) is 13.6. The van der Waals surface area contributed by atoms with E-state index >= 15 is 0 Å². The Labute approximate surface area is 146 Å². The number of nitrogens with zero attached hydrogens (tertiary/aromatic N) is 1. The molecule has 0 atom stereocenters. The maximum Gasteiger partial charge on any atom is 0.162 e. The van der Waals surface area contributed by atoms with Crippen LogP contribution in [0.4, 0.5) is 0 Å². The van der Waals surface area contributed by atoms with Crippen LogP contribution in [-0.4, -0.2) is 10.4 Å². The Hall–Kier alpha value is -2.32. The van der Waals surface area contributed by atoms with Crippen LogP contribution in [0.3, 0.4) is 0 Å². The molecule has 4 rings (SSSR count). The molecule has 0 saturated heterocycles. The number of aromatic nitrogens is 1. The van der Waals surface area contributed by atoms with E-state index in [4.69, 9.17) is 11.6 Å². The molecule has 0 aliphatic carbocycles. The Morgan fingerprint density at radius 2 is 1.88 bits per heavy atom. The van der Waals surface area contributed by atoms with E-state index < -0.39 is 0 Å². The minimum atomic E-state index is 0.129. The van der Waals surface area contributed by atoms with Gasteiger partial charge in [-0.3, -0.25) is 4.79 Å². The van der Waals surface area contributed by atoms with E-state index in [1.165, 1.54) is 5.57 Å². The summed E-state index contributed by atoms with van der Waals surface area (Å²) >= 11 is 5.99. The molecule has 1 aromatic heterocycles. The average molecular weight is 336 g/mol. The second kappa shape index (κ2) is 5.95. The van der Waals surface area contributed by atoms with Crippen molar-refractivity contribution < 1.29 is 4.79 Å². The quantitative estimate of drug-likeness (QED) is 0.540. The maximum atomic E-state index is 12.4. The Bertz CT molecular complexity index is 963. The van der Waals surface area contributed by atoms with E-state index in [9.17, 15) is 4.79 Å². The van der Waals surface area contributed by atoms with Gasteiger partial charge in [0.15, 0.2) is 5.78 Å². The fourth-order valence-corrected chi connectivity index (χ4v) is 3.80. The van der Waals surface area contributed by atoms with Crippen molar-refractivity contribution in [1.29, 1.82) is 0 Å². The molecule has 1 aliphatic rings. The lowest BCUT2D eigenvalue weighted by Crippen LogP contribution is -2.11. The first kappa shape index (κ1) is 15.2. The van der Waals surface area contributed by atoms with E-state index in [0.717, 1.165) is 52.1 Å². The summed E-state index contributed by atoms with van der Waals surface area (Å²) in [5.74, 6) is 0.129. The second-order valence-corrected chi connectivity index (χ2v) is 6.71. The Morgan fingerprint density at radius 3 is 2.62 bits per heavy atom. The van der Waals surface area contributed by atoms with E-state index in [0.29, 0.717) is 0 Å². The number of carbonyl (C=O) groups is 1. The first-order chi connectivity index (χ1) is 11.6. The molecule has 24 heavy (non-hydrogen) atoms. The van der Waals surface area contributed by atoms with Gasteiger partial charge in [0.05, 0.1) is 11.3 Å². The van der Waals surface area contributed by atoms with Gasteiger partial charge in [0.1, 0.15) is 0 Å². The van der Waals surface area contributed by atoms with Gasteiger partial charge in [-0.2, -0.15) is 0 Å². The van der Waals surface area contributed by atoms with Crippen molar-refractivity contribution >= 4 is 39.9 Å². The molecule has 0 N–H and O–H groups in total. The summed E-state index contributed by atoms with van der Waals surface area (Å²) in [6.07, 6.45) is 4.26. The van der Waals surface area contributed by atoms with Gasteiger partial charge < -0.3 is 4.57 Å². The molecule has 120 valence electrons. The third-order valence-electron chi connectivity index (χ3n) is 4.67. The monoisotopic (exact) mass is 335 g/mol. The molecule has 2 nitrogen and oxygen atoms in total. The number of aryl methyl sites for hydroxylation is 1. The first-order valence-corrected chi connectivity index (χ1v) is 8.61. The third kappa shape index (κ3) is 2.47. The number of rotatable bonds is 2. The highest BCUT2D eigenvalue weighted by molar-refractivity contribution is 6.30. The molecule has 2 heterocycles. The molecular formula is C21H18ClNO. The smallest absolute Gasteiger partial charge is 0.162 e. The lowest BCUT2D eigenvalue weighted by atomic mass is 9.95. The second-order valence-electron chi connectivity index (χ2n) is 6.27. The summed E-state index contributed by atoms with van der Waals surface area (Å²) in [5, 5.41) is 1.79. The molecular weight excluding hydrogens is 318 g/mol. The highest BCUT2D eigenvalue weighted by atomic mass is 35.5. The number of benzene rings is 2. The molecule has 0 bridgehead atoms. The van der Waals surface area contributed by atoms with Crippen molar-refractivity contribution in [2.75, 3.05) is 0 Å². The Kier molecular flexibility index (Phi) is 3.78. The number of halogens is 1. The number of allylic oxidation sites excluding steroid dienone is 1. The average Bonchev–Trinajstić information content (AvgIpc) is 2.93. The molecule has 3 heteroatoms. The van der Waals surface area contributed by atoms with Crippen LogP contribution in [-0.2, 0) is 6.54 Å². The molecule has 0 saturated carbocycles. The standard InChI is InChI=1S/C21H18ClNO/c1-14(24)20-18-6-2-3-7-19(18)23-12-4-5-16(21(20)23)13-15-8-10-17(22)11-9-15/h2-3,6-11,13H,4-5,12H2,1H3/b16-13+. The van der Waals surface area contributed by atoms with Gasteiger partial charge in [-0.25, -0.2) is 0 Å². The number of hydrogen-bond acceptors (Lipinski definition) is 1. The van der Waals surface area contributed by atoms with Crippen LogP contribution in [0.5, 0.6) is 0 Å². The van der Waals surface area contributed by atoms with Crippen molar-refractivity contribution in [2.24, 2.45) is 0 Å². The minimum Gasteiger partial charge on any atom is -0.340 e. The summed E-state index contributed by atoms with van der Waals surface area (Å²) in [6.45, 7) is 2.62. The number of hydrogen-bond donors (Lipinski definition) is 0. The minimum absolute atomic E-state index is 0.129. The summed E-state index contributed by atoms with van der Waals surface area (Å²) in [7, 11) is 0. The zero-order chi connectivity index (χ0) is 16.7. The van der Waals surface area contributed by atoms with Gasteiger partial charge in [-0.1, -0.05) is 41.9 Å². The van der Waals surface area contributed by atoms with Crippen molar-refractivity contribution in [1.82, 2.24) is 4.57 Å². The number of carbonyl (C=O) groups excluding carboxylic acids is 1.